The van der Waals surface area contributed by atoms with E-state index in [0.717, 1.165) is 16.9 Å². The van der Waals surface area contributed by atoms with Gasteiger partial charge in [0.15, 0.2) is 0 Å². The fourth-order valence-electron chi connectivity index (χ4n) is 3.52. The van der Waals surface area contributed by atoms with E-state index in [4.69, 9.17) is 32.7 Å². The van der Waals surface area contributed by atoms with Gasteiger partial charge in [-0.15, -0.1) is 0 Å². The maximum Gasteiger partial charge on any atom is 0.329 e. The number of carbonyl (C=O) groups excluding carboxylic acids is 1. The van der Waals surface area contributed by atoms with Crippen molar-refractivity contribution >= 4 is 34.9 Å². The molecule has 124 valence electrons. The van der Waals surface area contributed by atoms with E-state index in [2.05, 4.69) is 5.32 Å². The van der Waals surface area contributed by atoms with Gasteiger partial charge in [0.25, 0.3) is 0 Å². The van der Waals surface area contributed by atoms with Crippen LogP contribution in [0.25, 0.3) is 0 Å². The predicted octanol–water partition coefficient (Wildman–Crippen LogP) is 4.57. The fourth-order valence-corrected chi connectivity index (χ4v) is 4.12. The van der Waals surface area contributed by atoms with E-state index < -0.39 is 6.04 Å². The van der Waals surface area contributed by atoms with Crippen LogP contribution >= 0.6 is 23.2 Å². The quantitative estimate of drug-likeness (QED) is 0.794. The molecule has 2 aliphatic rings. The summed E-state index contributed by atoms with van der Waals surface area (Å²) in [5.41, 5.74) is 2.51. The molecule has 0 saturated heterocycles. The minimum Gasteiger partial charge on any atom is -0.485 e. The average Bonchev–Trinajstić information content (AvgIpc) is 2.92. The number of esters is 1. The highest BCUT2D eigenvalue weighted by molar-refractivity contribution is 6.35. The van der Waals surface area contributed by atoms with Gasteiger partial charge in [0.05, 0.1) is 17.5 Å². The molecule has 0 spiro atoms. The van der Waals surface area contributed by atoms with Crippen LogP contribution in [0.1, 0.15) is 30.1 Å². The van der Waals surface area contributed by atoms with Crippen LogP contribution in [-0.4, -0.2) is 18.6 Å². The van der Waals surface area contributed by atoms with Crippen molar-refractivity contribution in [2.45, 2.75) is 25.0 Å². The zero-order valence-corrected chi connectivity index (χ0v) is 14.4. The molecule has 24 heavy (non-hydrogen) atoms. The molecule has 2 aliphatic heterocycles. The molecule has 0 fully saturated rings. The van der Waals surface area contributed by atoms with Gasteiger partial charge >= 0.3 is 5.97 Å². The summed E-state index contributed by atoms with van der Waals surface area (Å²) in [6.45, 7) is 2.11. The lowest BCUT2D eigenvalue weighted by Crippen LogP contribution is -2.42. The summed E-state index contributed by atoms with van der Waals surface area (Å²) < 4.78 is 11.4. The number of hydrogen-bond acceptors (Lipinski definition) is 4. The van der Waals surface area contributed by atoms with Gasteiger partial charge < -0.3 is 14.8 Å². The number of fused-ring (bicyclic) bond motifs is 5. The van der Waals surface area contributed by atoms with Crippen LogP contribution in [0.5, 0.6) is 5.75 Å². The third kappa shape index (κ3) is 2.33. The van der Waals surface area contributed by atoms with Crippen molar-refractivity contribution < 1.29 is 14.3 Å². The number of ether oxygens (including phenoxy) is 2. The van der Waals surface area contributed by atoms with Crippen LogP contribution in [-0.2, 0) is 9.53 Å². The van der Waals surface area contributed by atoms with Crippen molar-refractivity contribution in [1.29, 1.82) is 0 Å². The second kappa shape index (κ2) is 5.87. The lowest BCUT2D eigenvalue weighted by atomic mass is 9.81. The molecule has 3 atom stereocenters. The topological polar surface area (TPSA) is 47.6 Å². The number of para-hydroxylation sites is 1. The van der Waals surface area contributed by atoms with Crippen molar-refractivity contribution in [1.82, 2.24) is 0 Å². The van der Waals surface area contributed by atoms with E-state index >= 15 is 0 Å². The lowest BCUT2D eigenvalue weighted by Gasteiger charge is -2.35. The smallest absolute Gasteiger partial charge is 0.329 e. The van der Waals surface area contributed by atoms with Crippen molar-refractivity contribution in [2.24, 2.45) is 0 Å². The highest BCUT2D eigenvalue weighted by Gasteiger charge is 2.49. The Bertz CT molecular complexity index is 824. The van der Waals surface area contributed by atoms with Crippen molar-refractivity contribution in [2.75, 3.05) is 11.9 Å². The summed E-state index contributed by atoms with van der Waals surface area (Å²) in [5, 5.41) is 4.28. The van der Waals surface area contributed by atoms with E-state index in [0.29, 0.717) is 22.3 Å². The average molecular weight is 364 g/mol. The first-order valence-corrected chi connectivity index (χ1v) is 8.53. The third-order valence-electron chi connectivity index (χ3n) is 4.45. The van der Waals surface area contributed by atoms with E-state index in [9.17, 15) is 4.79 Å². The first-order valence-electron chi connectivity index (χ1n) is 7.78. The predicted molar refractivity (Wildman–Crippen MR) is 93.1 cm³/mol. The van der Waals surface area contributed by atoms with Gasteiger partial charge in [-0.2, -0.15) is 0 Å². The van der Waals surface area contributed by atoms with Crippen LogP contribution in [0.2, 0.25) is 10.0 Å². The number of anilines is 1. The first kappa shape index (κ1) is 15.6. The molecule has 2 heterocycles. The standard InChI is InChI=1S/C18H15Cl2NO3/c1-2-23-18(22)16-14-10-5-3-4-6-13(10)24-17(14)15-11(20)7-9(19)8-12(15)21-16/h3-8,14,16-17,21H,2H2,1H3. The molecule has 0 aliphatic carbocycles. The van der Waals surface area contributed by atoms with Gasteiger partial charge in [0.2, 0.25) is 0 Å². The number of rotatable bonds is 2. The Morgan fingerprint density at radius 3 is 2.88 bits per heavy atom. The summed E-state index contributed by atoms with van der Waals surface area (Å²) in [4.78, 5) is 12.5. The monoisotopic (exact) mass is 363 g/mol. The van der Waals surface area contributed by atoms with Crippen LogP contribution in [0.15, 0.2) is 36.4 Å². The fraction of sp³-hybridized carbons (Fsp3) is 0.278. The van der Waals surface area contributed by atoms with Crippen LogP contribution in [0.4, 0.5) is 5.69 Å². The molecule has 3 unspecified atom stereocenters. The van der Waals surface area contributed by atoms with E-state index in [1.165, 1.54) is 0 Å². The maximum atomic E-state index is 12.5. The molecule has 0 amide bonds. The summed E-state index contributed by atoms with van der Waals surface area (Å²) >= 11 is 12.5. The van der Waals surface area contributed by atoms with Gasteiger partial charge in [-0.3, -0.25) is 0 Å². The molecule has 6 heteroatoms. The zero-order valence-electron chi connectivity index (χ0n) is 12.9. The Kier molecular flexibility index (Phi) is 3.82. The Hall–Kier alpha value is -1.91. The Morgan fingerprint density at radius 2 is 2.08 bits per heavy atom. The second-order valence-electron chi connectivity index (χ2n) is 5.82. The van der Waals surface area contributed by atoms with Crippen molar-refractivity contribution in [3.8, 4) is 5.75 Å². The molecular weight excluding hydrogens is 349 g/mol. The maximum absolute atomic E-state index is 12.5. The molecule has 2 aromatic carbocycles. The Morgan fingerprint density at radius 1 is 1.29 bits per heavy atom. The minimum atomic E-state index is -0.555. The van der Waals surface area contributed by atoms with E-state index in [1.807, 2.05) is 24.3 Å². The summed E-state index contributed by atoms with van der Waals surface area (Å²) in [7, 11) is 0. The largest absolute Gasteiger partial charge is 0.485 e. The third-order valence-corrected chi connectivity index (χ3v) is 4.98. The second-order valence-corrected chi connectivity index (χ2v) is 6.67. The number of halogens is 2. The van der Waals surface area contributed by atoms with Crippen molar-refractivity contribution in [3.05, 3.63) is 57.6 Å². The van der Waals surface area contributed by atoms with Crippen LogP contribution in [0.3, 0.4) is 0 Å². The molecule has 0 radical (unpaired) electrons. The number of benzene rings is 2. The molecule has 4 rings (SSSR count). The Labute approximate surface area is 149 Å². The summed E-state index contributed by atoms with van der Waals surface area (Å²) in [6.07, 6.45) is -0.349. The normalized spacial score (nSPS) is 23.4. The highest BCUT2D eigenvalue weighted by atomic mass is 35.5. The van der Waals surface area contributed by atoms with Crippen molar-refractivity contribution in [3.63, 3.8) is 0 Å². The molecule has 0 aromatic heterocycles. The van der Waals surface area contributed by atoms with Gasteiger partial charge in [-0.1, -0.05) is 41.4 Å². The van der Waals surface area contributed by atoms with E-state index in [1.54, 1.807) is 19.1 Å². The molecule has 0 bridgehead atoms. The first-order chi connectivity index (χ1) is 11.6. The number of hydrogen-bond donors (Lipinski definition) is 1. The molecule has 1 N–H and O–H groups in total. The number of nitrogens with one attached hydrogen (secondary N) is 1. The molecule has 2 aromatic rings. The van der Waals surface area contributed by atoms with Gasteiger partial charge in [-0.05, 0) is 25.1 Å². The number of carbonyl (C=O) groups is 1. The van der Waals surface area contributed by atoms with Crippen LogP contribution < -0.4 is 10.1 Å². The van der Waals surface area contributed by atoms with Gasteiger partial charge in [0, 0.05) is 21.8 Å². The van der Waals surface area contributed by atoms with Gasteiger partial charge in [0.1, 0.15) is 17.9 Å². The summed E-state index contributed by atoms with van der Waals surface area (Å²) in [6, 6.07) is 10.6. The summed E-state index contributed by atoms with van der Waals surface area (Å²) in [5.74, 6) is 0.253. The molecule has 4 nitrogen and oxygen atoms in total. The molecular formula is C18H15Cl2NO3. The SMILES string of the molecule is CCOC(=O)C1Nc2cc(Cl)cc(Cl)c2C2Oc3ccccc3C12. The van der Waals surface area contributed by atoms with E-state index in [-0.39, 0.29) is 18.0 Å². The molecule has 0 saturated carbocycles. The van der Waals surface area contributed by atoms with Gasteiger partial charge in [-0.25, -0.2) is 4.79 Å². The van der Waals surface area contributed by atoms with Crippen LogP contribution in [0, 0.1) is 0 Å². The highest BCUT2D eigenvalue weighted by Crippen LogP contribution is 2.54. The zero-order chi connectivity index (χ0) is 16.8. The lowest BCUT2D eigenvalue weighted by molar-refractivity contribution is -0.145. The Balaban J connectivity index is 1.87. The minimum absolute atomic E-state index is 0.202.